The van der Waals surface area contributed by atoms with Crippen molar-refractivity contribution in [3.63, 3.8) is 0 Å². The average molecular weight is 372 g/mol. The van der Waals surface area contributed by atoms with Crippen LogP contribution in [-0.4, -0.2) is 60.3 Å². The van der Waals surface area contributed by atoms with Gasteiger partial charge in [-0.3, -0.25) is 9.88 Å². The molecule has 7 heteroatoms. The van der Waals surface area contributed by atoms with Crippen LogP contribution in [0.25, 0.3) is 0 Å². The van der Waals surface area contributed by atoms with Crippen LogP contribution in [0.4, 0.5) is 5.69 Å². The van der Waals surface area contributed by atoms with E-state index in [0.717, 1.165) is 49.3 Å². The summed E-state index contributed by atoms with van der Waals surface area (Å²) in [6.45, 7) is 4.65. The van der Waals surface area contributed by atoms with Gasteiger partial charge in [0.25, 0.3) is 0 Å². The van der Waals surface area contributed by atoms with Crippen molar-refractivity contribution < 1.29 is 9.47 Å². The van der Waals surface area contributed by atoms with E-state index in [0.29, 0.717) is 5.75 Å². The van der Waals surface area contributed by atoms with Gasteiger partial charge >= 0.3 is 0 Å². The van der Waals surface area contributed by atoms with Crippen LogP contribution in [0.2, 0.25) is 0 Å². The number of aromatic nitrogens is 1. The number of methoxy groups -OCH3 is 2. The summed E-state index contributed by atoms with van der Waals surface area (Å²) in [7, 11) is 3.28. The van der Waals surface area contributed by atoms with Crippen LogP contribution in [0, 0.1) is 0 Å². The van der Waals surface area contributed by atoms with Gasteiger partial charge in [-0.05, 0) is 36.0 Å². The van der Waals surface area contributed by atoms with Gasteiger partial charge in [-0.1, -0.05) is 6.07 Å². The lowest BCUT2D eigenvalue weighted by atomic mass is 10.2. The lowest BCUT2D eigenvalue weighted by Crippen LogP contribution is -2.49. The number of hydrogen-bond donors (Lipinski definition) is 1. The minimum atomic E-state index is 0.710. The third-order valence-corrected chi connectivity index (χ3v) is 4.80. The van der Waals surface area contributed by atoms with Crippen LogP contribution in [0.5, 0.6) is 11.5 Å². The summed E-state index contributed by atoms with van der Waals surface area (Å²) in [5, 5.41) is 4.01. The smallest absolute Gasteiger partial charge is 0.173 e. The predicted molar refractivity (Wildman–Crippen MR) is 107 cm³/mol. The van der Waals surface area contributed by atoms with Crippen LogP contribution in [0.15, 0.2) is 42.7 Å². The molecule has 0 bridgehead atoms. The largest absolute Gasteiger partial charge is 0.497 e. The Kier molecular flexibility index (Phi) is 6.25. The van der Waals surface area contributed by atoms with Crippen molar-refractivity contribution in [1.82, 2.24) is 14.8 Å². The zero-order valence-electron chi connectivity index (χ0n) is 15.1. The maximum Gasteiger partial charge on any atom is 0.173 e. The third-order valence-electron chi connectivity index (χ3n) is 4.44. The van der Waals surface area contributed by atoms with Gasteiger partial charge in [0.1, 0.15) is 11.5 Å². The number of thiocarbonyl (C=S) groups is 1. The predicted octanol–water partition coefficient (Wildman–Crippen LogP) is 2.61. The molecule has 1 N–H and O–H groups in total. The standard InChI is InChI=1S/C19H24N4O2S/c1-24-16-5-6-17(18(12-16)25-2)21-19(26)23-10-8-22(9-11-23)14-15-4-3-7-20-13-15/h3-7,12-13H,8-11,14H2,1-2H3,(H,21,26). The molecule has 1 aliphatic heterocycles. The van der Waals surface area contributed by atoms with Crippen molar-refractivity contribution in [3.8, 4) is 11.5 Å². The second-order valence-electron chi connectivity index (χ2n) is 6.12. The Balaban J connectivity index is 1.54. The van der Waals surface area contributed by atoms with Crippen molar-refractivity contribution in [3.05, 3.63) is 48.3 Å². The number of piperazine rings is 1. The minimum absolute atomic E-state index is 0.710. The number of pyridine rings is 1. The molecule has 2 heterocycles. The quantitative estimate of drug-likeness (QED) is 0.810. The maximum absolute atomic E-state index is 5.59. The fourth-order valence-electron chi connectivity index (χ4n) is 2.95. The number of ether oxygens (including phenoxy) is 2. The molecule has 0 unspecified atom stereocenters. The summed E-state index contributed by atoms with van der Waals surface area (Å²) in [5.74, 6) is 1.46. The van der Waals surface area contributed by atoms with Crippen LogP contribution >= 0.6 is 12.2 Å². The lowest BCUT2D eigenvalue weighted by molar-refractivity contribution is 0.177. The van der Waals surface area contributed by atoms with E-state index in [1.807, 2.05) is 30.5 Å². The van der Waals surface area contributed by atoms with Gasteiger partial charge in [-0.25, -0.2) is 0 Å². The van der Waals surface area contributed by atoms with Gasteiger partial charge in [0.15, 0.2) is 5.11 Å². The Labute approximate surface area is 159 Å². The van der Waals surface area contributed by atoms with E-state index in [1.54, 1.807) is 20.4 Å². The number of benzene rings is 1. The van der Waals surface area contributed by atoms with Crippen LogP contribution in [0.3, 0.4) is 0 Å². The van der Waals surface area contributed by atoms with Crippen molar-refractivity contribution in [2.45, 2.75) is 6.54 Å². The summed E-state index contributed by atoms with van der Waals surface area (Å²) >= 11 is 5.59. The first-order chi connectivity index (χ1) is 12.7. The van der Waals surface area contributed by atoms with Gasteiger partial charge in [0.05, 0.1) is 19.9 Å². The monoisotopic (exact) mass is 372 g/mol. The molecule has 6 nitrogen and oxygen atoms in total. The van der Waals surface area contributed by atoms with E-state index in [4.69, 9.17) is 21.7 Å². The first-order valence-electron chi connectivity index (χ1n) is 8.59. The highest BCUT2D eigenvalue weighted by molar-refractivity contribution is 7.80. The molecular formula is C19H24N4O2S. The van der Waals surface area contributed by atoms with E-state index in [-0.39, 0.29) is 0 Å². The van der Waals surface area contributed by atoms with Crippen molar-refractivity contribution in [2.24, 2.45) is 0 Å². The molecule has 0 saturated carbocycles. The highest BCUT2D eigenvalue weighted by Gasteiger charge is 2.20. The molecule has 0 amide bonds. The van der Waals surface area contributed by atoms with Gasteiger partial charge in [0.2, 0.25) is 0 Å². The summed E-state index contributed by atoms with van der Waals surface area (Å²) in [5.41, 5.74) is 2.08. The Bertz CT molecular complexity index is 734. The molecule has 26 heavy (non-hydrogen) atoms. The van der Waals surface area contributed by atoms with Crippen molar-refractivity contribution in [1.29, 1.82) is 0 Å². The van der Waals surface area contributed by atoms with Crippen LogP contribution in [0.1, 0.15) is 5.56 Å². The van der Waals surface area contributed by atoms with Crippen LogP contribution < -0.4 is 14.8 Å². The highest BCUT2D eigenvalue weighted by Crippen LogP contribution is 2.29. The first kappa shape index (κ1) is 18.4. The van der Waals surface area contributed by atoms with Gasteiger partial charge in [-0.15, -0.1) is 0 Å². The molecule has 2 aromatic rings. The molecule has 1 aromatic heterocycles. The number of anilines is 1. The second kappa shape index (κ2) is 8.82. The molecule has 1 fully saturated rings. The second-order valence-corrected chi connectivity index (χ2v) is 6.51. The average Bonchev–Trinajstić information content (AvgIpc) is 2.69. The molecular weight excluding hydrogens is 348 g/mol. The topological polar surface area (TPSA) is 49.9 Å². The molecule has 0 aliphatic carbocycles. The van der Waals surface area contributed by atoms with Crippen molar-refractivity contribution >= 4 is 23.0 Å². The Morgan fingerprint density at radius 3 is 2.62 bits per heavy atom. The first-order valence-corrected chi connectivity index (χ1v) is 8.99. The molecule has 1 aliphatic rings. The molecule has 0 spiro atoms. The Morgan fingerprint density at radius 1 is 1.15 bits per heavy atom. The molecule has 3 rings (SSSR count). The third kappa shape index (κ3) is 4.62. The normalized spacial score (nSPS) is 14.8. The Morgan fingerprint density at radius 2 is 1.96 bits per heavy atom. The minimum Gasteiger partial charge on any atom is -0.497 e. The van der Waals surface area contributed by atoms with Crippen molar-refractivity contribution in [2.75, 3.05) is 45.7 Å². The zero-order chi connectivity index (χ0) is 18.4. The van der Waals surface area contributed by atoms with E-state index in [2.05, 4.69) is 26.2 Å². The SMILES string of the molecule is COc1ccc(NC(=S)N2CCN(Cc3cccnc3)CC2)c(OC)c1. The molecule has 0 radical (unpaired) electrons. The molecule has 1 saturated heterocycles. The molecule has 138 valence electrons. The summed E-state index contributed by atoms with van der Waals surface area (Å²) < 4.78 is 10.7. The van der Waals surface area contributed by atoms with E-state index in [1.165, 1.54) is 5.56 Å². The van der Waals surface area contributed by atoms with Crippen LogP contribution in [-0.2, 0) is 6.54 Å². The maximum atomic E-state index is 5.59. The Hall–Kier alpha value is -2.38. The van der Waals surface area contributed by atoms with E-state index < -0.39 is 0 Å². The summed E-state index contributed by atoms with van der Waals surface area (Å²) in [6.07, 6.45) is 3.73. The summed E-state index contributed by atoms with van der Waals surface area (Å²) in [4.78, 5) is 8.79. The fourth-order valence-corrected chi connectivity index (χ4v) is 3.25. The number of nitrogens with zero attached hydrogens (tertiary/aromatic N) is 3. The number of nitrogens with one attached hydrogen (secondary N) is 1. The summed E-state index contributed by atoms with van der Waals surface area (Å²) in [6, 6.07) is 9.74. The zero-order valence-corrected chi connectivity index (χ0v) is 16.0. The lowest BCUT2D eigenvalue weighted by Gasteiger charge is -2.36. The van der Waals surface area contributed by atoms with E-state index in [9.17, 15) is 0 Å². The highest BCUT2D eigenvalue weighted by atomic mass is 32.1. The van der Waals surface area contributed by atoms with Gasteiger partial charge < -0.3 is 19.7 Å². The van der Waals surface area contributed by atoms with Gasteiger partial charge in [-0.2, -0.15) is 0 Å². The molecule has 0 atom stereocenters. The van der Waals surface area contributed by atoms with Gasteiger partial charge in [0, 0.05) is 51.2 Å². The number of rotatable bonds is 5. The van der Waals surface area contributed by atoms with E-state index >= 15 is 0 Å². The molecule has 1 aromatic carbocycles. The fraction of sp³-hybridized carbons (Fsp3) is 0.368. The number of hydrogen-bond acceptors (Lipinski definition) is 5.